The van der Waals surface area contributed by atoms with Crippen LogP contribution in [0.5, 0.6) is 0 Å². The number of nitrogens with zero attached hydrogens (tertiary/aromatic N) is 1. The van der Waals surface area contributed by atoms with Gasteiger partial charge in [0.15, 0.2) is 0 Å². The lowest BCUT2D eigenvalue weighted by Crippen LogP contribution is -2.21. The molecule has 118 valence electrons. The van der Waals surface area contributed by atoms with Gasteiger partial charge in [-0.3, -0.25) is 0 Å². The monoisotopic (exact) mass is 330 g/mol. The highest BCUT2D eigenvalue weighted by Gasteiger charge is 2.30. The third-order valence-corrected chi connectivity index (χ3v) is 3.28. The van der Waals surface area contributed by atoms with Gasteiger partial charge in [0, 0.05) is 19.3 Å². The van der Waals surface area contributed by atoms with Gasteiger partial charge < -0.3 is 10.4 Å². The summed E-state index contributed by atoms with van der Waals surface area (Å²) in [5.41, 5.74) is 0.308. The molecule has 0 aliphatic heterocycles. The number of aliphatic hydroxyl groups is 1. The van der Waals surface area contributed by atoms with Gasteiger partial charge in [-0.25, -0.2) is 4.98 Å². The van der Waals surface area contributed by atoms with Crippen LogP contribution < -0.4 is 5.32 Å². The molecule has 0 saturated carbocycles. The molecule has 0 aliphatic rings. The maximum absolute atomic E-state index is 12.6. The SMILES string of the molecule is OC(CNCc1ccc(Cl)nc1)c1cccc(C(F)(F)F)c1. The van der Waals surface area contributed by atoms with E-state index in [2.05, 4.69) is 10.3 Å². The molecule has 1 unspecified atom stereocenters. The summed E-state index contributed by atoms with van der Waals surface area (Å²) < 4.78 is 37.9. The van der Waals surface area contributed by atoms with Gasteiger partial charge in [0.25, 0.3) is 0 Å². The smallest absolute Gasteiger partial charge is 0.387 e. The van der Waals surface area contributed by atoms with Crippen molar-refractivity contribution in [1.29, 1.82) is 0 Å². The van der Waals surface area contributed by atoms with Crippen molar-refractivity contribution in [2.75, 3.05) is 6.54 Å². The topological polar surface area (TPSA) is 45.1 Å². The largest absolute Gasteiger partial charge is 0.416 e. The third kappa shape index (κ3) is 4.69. The quantitative estimate of drug-likeness (QED) is 0.824. The molecule has 1 aromatic heterocycles. The molecule has 0 saturated heterocycles. The normalized spacial score (nSPS) is 13.1. The molecular weight excluding hydrogens is 317 g/mol. The highest BCUT2D eigenvalue weighted by Crippen LogP contribution is 2.30. The summed E-state index contributed by atoms with van der Waals surface area (Å²) in [5.74, 6) is 0. The predicted octanol–water partition coefficient (Wildman–Crippen LogP) is 3.58. The average Bonchev–Trinajstić information content (AvgIpc) is 2.48. The van der Waals surface area contributed by atoms with Gasteiger partial charge in [-0.2, -0.15) is 13.2 Å². The number of nitrogens with one attached hydrogen (secondary N) is 1. The molecule has 3 nitrogen and oxygen atoms in total. The third-order valence-electron chi connectivity index (χ3n) is 3.05. The molecule has 0 bridgehead atoms. The second kappa shape index (κ2) is 7.09. The fraction of sp³-hybridized carbons (Fsp3) is 0.267. The van der Waals surface area contributed by atoms with Crippen LogP contribution in [0.4, 0.5) is 13.2 Å². The van der Waals surface area contributed by atoms with Crippen LogP contribution in [-0.4, -0.2) is 16.6 Å². The van der Waals surface area contributed by atoms with Crippen LogP contribution in [0.15, 0.2) is 42.6 Å². The first-order valence-corrected chi connectivity index (χ1v) is 6.90. The van der Waals surface area contributed by atoms with E-state index < -0.39 is 17.8 Å². The number of halogens is 4. The number of aliphatic hydroxyl groups excluding tert-OH is 1. The Balaban J connectivity index is 1.92. The molecule has 2 aromatic rings. The summed E-state index contributed by atoms with van der Waals surface area (Å²) in [6, 6.07) is 8.09. The average molecular weight is 331 g/mol. The Morgan fingerprint density at radius 2 is 2.00 bits per heavy atom. The van der Waals surface area contributed by atoms with Crippen LogP contribution >= 0.6 is 11.6 Å². The molecule has 1 atom stereocenters. The van der Waals surface area contributed by atoms with E-state index in [0.717, 1.165) is 17.7 Å². The van der Waals surface area contributed by atoms with Crippen molar-refractivity contribution >= 4 is 11.6 Å². The molecule has 0 aliphatic carbocycles. The van der Waals surface area contributed by atoms with Gasteiger partial charge in [0.2, 0.25) is 0 Å². The number of rotatable bonds is 5. The van der Waals surface area contributed by atoms with E-state index >= 15 is 0 Å². The van der Waals surface area contributed by atoms with Crippen LogP contribution in [0.2, 0.25) is 5.15 Å². The van der Waals surface area contributed by atoms with E-state index in [1.165, 1.54) is 12.1 Å². The zero-order chi connectivity index (χ0) is 16.2. The fourth-order valence-electron chi connectivity index (χ4n) is 1.90. The van der Waals surface area contributed by atoms with Crippen LogP contribution in [0.25, 0.3) is 0 Å². The Morgan fingerprint density at radius 1 is 1.23 bits per heavy atom. The summed E-state index contributed by atoms with van der Waals surface area (Å²) >= 11 is 5.66. The summed E-state index contributed by atoms with van der Waals surface area (Å²) in [6.45, 7) is 0.560. The molecule has 0 radical (unpaired) electrons. The number of pyridine rings is 1. The van der Waals surface area contributed by atoms with E-state index in [-0.39, 0.29) is 12.1 Å². The van der Waals surface area contributed by atoms with E-state index in [1.807, 2.05) is 0 Å². The lowest BCUT2D eigenvalue weighted by Gasteiger charge is -2.14. The Hall–Kier alpha value is -1.63. The molecule has 22 heavy (non-hydrogen) atoms. The highest BCUT2D eigenvalue weighted by atomic mass is 35.5. The predicted molar refractivity (Wildman–Crippen MR) is 77.4 cm³/mol. The molecule has 0 fully saturated rings. The van der Waals surface area contributed by atoms with Gasteiger partial charge in [-0.15, -0.1) is 0 Å². The van der Waals surface area contributed by atoms with E-state index in [4.69, 9.17) is 11.6 Å². The maximum atomic E-state index is 12.6. The molecule has 0 spiro atoms. The zero-order valence-corrected chi connectivity index (χ0v) is 12.2. The van der Waals surface area contributed by atoms with Crippen molar-refractivity contribution in [3.05, 3.63) is 64.4 Å². The highest BCUT2D eigenvalue weighted by molar-refractivity contribution is 6.29. The Kier molecular flexibility index (Phi) is 5.39. The first-order chi connectivity index (χ1) is 10.4. The van der Waals surface area contributed by atoms with Crippen LogP contribution in [0.3, 0.4) is 0 Å². The number of benzene rings is 1. The van der Waals surface area contributed by atoms with Gasteiger partial charge in [0.05, 0.1) is 11.7 Å². The maximum Gasteiger partial charge on any atom is 0.416 e. The standard InChI is InChI=1S/C15H14ClF3N2O/c16-14-5-4-10(8-21-14)7-20-9-13(22)11-2-1-3-12(6-11)15(17,18)19/h1-6,8,13,20,22H,7,9H2. The van der Waals surface area contributed by atoms with Crippen LogP contribution in [-0.2, 0) is 12.7 Å². The number of hydrogen-bond donors (Lipinski definition) is 2. The van der Waals surface area contributed by atoms with Crippen molar-refractivity contribution in [1.82, 2.24) is 10.3 Å². The van der Waals surface area contributed by atoms with Crippen molar-refractivity contribution in [3.8, 4) is 0 Å². The van der Waals surface area contributed by atoms with Crippen LogP contribution in [0.1, 0.15) is 22.8 Å². The van der Waals surface area contributed by atoms with E-state index in [1.54, 1.807) is 18.3 Å². The lowest BCUT2D eigenvalue weighted by atomic mass is 10.1. The fourth-order valence-corrected chi connectivity index (χ4v) is 2.02. The molecule has 7 heteroatoms. The summed E-state index contributed by atoms with van der Waals surface area (Å²) in [4.78, 5) is 3.91. The van der Waals surface area contributed by atoms with Gasteiger partial charge in [-0.05, 0) is 29.3 Å². The van der Waals surface area contributed by atoms with E-state index in [0.29, 0.717) is 11.7 Å². The second-order valence-corrected chi connectivity index (χ2v) is 5.15. The van der Waals surface area contributed by atoms with Crippen LogP contribution in [0, 0.1) is 0 Å². The number of aromatic nitrogens is 1. The van der Waals surface area contributed by atoms with Crippen molar-refractivity contribution in [3.63, 3.8) is 0 Å². The Bertz CT molecular complexity index is 617. The Labute approximate surface area is 130 Å². The second-order valence-electron chi connectivity index (χ2n) is 4.76. The van der Waals surface area contributed by atoms with Gasteiger partial charge >= 0.3 is 6.18 Å². The molecule has 2 rings (SSSR count). The Morgan fingerprint density at radius 3 is 2.64 bits per heavy atom. The lowest BCUT2D eigenvalue weighted by molar-refractivity contribution is -0.137. The van der Waals surface area contributed by atoms with E-state index in [9.17, 15) is 18.3 Å². The molecule has 0 amide bonds. The molecule has 2 N–H and O–H groups in total. The first-order valence-electron chi connectivity index (χ1n) is 6.52. The minimum absolute atomic E-state index is 0.129. The van der Waals surface area contributed by atoms with Crippen molar-refractivity contribution < 1.29 is 18.3 Å². The molecular formula is C15H14ClF3N2O. The summed E-state index contributed by atoms with van der Waals surface area (Å²) in [5, 5.41) is 13.3. The number of hydrogen-bond acceptors (Lipinski definition) is 3. The van der Waals surface area contributed by atoms with Gasteiger partial charge in [0.1, 0.15) is 5.15 Å². The summed E-state index contributed by atoms with van der Waals surface area (Å²) in [7, 11) is 0. The number of alkyl halides is 3. The minimum Gasteiger partial charge on any atom is -0.387 e. The molecule has 1 heterocycles. The van der Waals surface area contributed by atoms with Gasteiger partial charge in [-0.1, -0.05) is 29.8 Å². The van der Waals surface area contributed by atoms with Crippen molar-refractivity contribution in [2.45, 2.75) is 18.8 Å². The molecule has 1 aromatic carbocycles. The summed E-state index contributed by atoms with van der Waals surface area (Å²) in [6.07, 6.45) is -3.85. The first kappa shape index (κ1) is 16.7. The minimum atomic E-state index is -4.42. The van der Waals surface area contributed by atoms with Crippen molar-refractivity contribution in [2.24, 2.45) is 0 Å². The zero-order valence-electron chi connectivity index (χ0n) is 11.4.